The Balaban J connectivity index is 2.59. The van der Waals surface area contributed by atoms with Gasteiger partial charge in [-0.25, -0.2) is 0 Å². The van der Waals surface area contributed by atoms with Crippen molar-refractivity contribution in [3.05, 3.63) is 12.0 Å². The van der Waals surface area contributed by atoms with Crippen molar-refractivity contribution in [3.8, 4) is 0 Å². The molecule has 0 atom stereocenters. The summed E-state index contributed by atoms with van der Waals surface area (Å²) in [6.45, 7) is 1.33. The fourth-order valence-electron chi connectivity index (χ4n) is 0.741. The van der Waals surface area contributed by atoms with E-state index in [0.29, 0.717) is 12.2 Å². The molecule has 1 rings (SSSR count). The lowest BCUT2D eigenvalue weighted by atomic mass is 10.4. The summed E-state index contributed by atoms with van der Waals surface area (Å²) in [6, 6.07) is 0. The Morgan fingerprint density at radius 2 is 2.27 bits per heavy atom. The Morgan fingerprint density at radius 3 is 2.55 bits per heavy atom. The molecule has 0 aromatic rings. The van der Waals surface area contributed by atoms with Gasteiger partial charge in [0.05, 0.1) is 0 Å². The Hall–Kier alpha value is -0.870. The molecular weight excluding hydrogens is 159 g/mol. The first-order valence-electron chi connectivity index (χ1n) is 3.21. The maximum absolute atomic E-state index is 11.9. The lowest BCUT2D eigenvalue weighted by Gasteiger charge is -2.16. The number of ether oxygens (including phenoxy) is 1. The molecule has 5 heteroatoms. The van der Waals surface area contributed by atoms with Crippen LogP contribution < -0.4 is 0 Å². The minimum atomic E-state index is -4.31. The molecule has 2 nitrogen and oxygen atoms in total. The first-order chi connectivity index (χ1) is 5.04. The number of hydrogen-bond donors (Lipinski definition) is 0. The summed E-state index contributed by atoms with van der Waals surface area (Å²) in [5, 5.41) is 0. The van der Waals surface area contributed by atoms with E-state index in [-0.39, 0.29) is 4.90 Å². The summed E-state index contributed by atoms with van der Waals surface area (Å²) in [4.78, 5) is 0.214. The molecule has 0 aromatic carbocycles. The van der Waals surface area contributed by atoms with Crippen molar-refractivity contribution in [2.45, 2.75) is 19.6 Å². The van der Waals surface area contributed by atoms with Gasteiger partial charge in [-0.3, -0.25) is 4.90 Å². The monoisotopic (exact) mass is 167 g/mol. The van der Waals surface area contributed by atoms with Gasteiger partial charge in [-0.1, -0.05) is 6.92 Å². The van der Waals surface area contributed by atoms with Crippen molar-refractivity contribution < 1.29 is 17.9 Å². The molecule has 0 aromatic heterocycles. The summed E-state index contributed by atoms with van der Waals surface area (Å²) >= 11 is 0. The van der Waals surface area contributed by atoms with Gasteiger partial charge < -0.3 is 4.74 Å². The van der Waals surface area contributed by atoms with Gasteiger partial charge in [0.15, 0.2) is 6.73 Å². The van der Waals surface area contributed by atoms with Crippen LogP contribution in [0.2, 0.25) is 0 Å². The molecule has 11 heavy (non-hydrogen) atoms. The van der Waals surface area contributed by atoms with Crippen LogP contribution in [0, 0.1) is 0 Å². The Morgan fingerprint density at radius 1 is 1.64 bits per heavy atom. The molecule has 0 amide bonds. The van der Waals surface area contributed by atoms with E-state index in [1.165, 1.54) is 0 Å². The van der Waals surface area contributed by atoms with Gasteiger partial charge >= 0.3 is 6.30 Å². The van der Waals surface area contributed by atoms with Gasteiger partial charge in [0.2, 0.25) is 0 Å². The summed E-state index contributed by atoms with van der Waals surface area (Å²) in [7, 11) is 0. The molecule has 0 saturated heterocycles. The molecule has 1 aliphatic heterocycles. The number of halogens is 3. The van der Waals surface area contributed by atoms with Crippen molar-refractivity contribution in [1.29, 1.82) is 0 Å². The number of rotatable bonds is 1. The van der Waals surface area contributed by atoms with Crippen LogP contribution in [0.15, 0.2) is 12.0 Å². The highest BCUT2D eigenvalue weighted by Crippen LogP contribution is 2.27. The number of nitrogens with zero attached hydrogens (tertiary/aromatic N) is 1. The van der Waals surface area contributed by atoms with Crippen molar-refractivity contribution in [3.63, 3.8) is 0 Å². The average molecular weight is 167 g/mol. The predicted molar refractivity (Wildman–Crippen MR) is 32.2 cm³/mol. The highest BCUT2D eigenvalue weighted by molar-refractivity contribution is 4.96. The third-order valence-corrected chi connectivity index (χ3v) is 1.36. The predicted octanol–water partition coefficient (Wildman–Crippen LogP) is 2.05. The van der Waals surface area contributed by atoms with Crippen molar-refractivity contribution in [2.75, 3.05) is 6.73 Å². The van der Waals surface area contributed by atoms with Crippen molar-refractivity contribution >= 4 is 0 Å². The maximum Gasteiger partial charge on any atom is 0.487 e. The average Bonchev–Trinajstić information content (AvgIpc) is 2.32. The third kappa shape index (κ3) is 1.78. The van der Waals surface area contributed by atoms with E-state index in [2.05, 4.69) is 0 Å². The lowest BCUT2D eigenvalue weighted by Crippen LogP contribution is -2.31. The van der Waals surface area contributed by atoms with E-state index in [9.17, 15) is 13.2 Å². The second-order valence-corrected chi connectivity index (χ2v) is 2.16. The molecule has 0 radical (unpaired) electrons. The maximum atomic E-state index is 11.9. The van der Waals surface area contributed by atoms with Crippen LogP contribution in [0.3, 0.4) is 0 Å². The molecule has 64 valence electrons. The Labute approximate surface area is 62.2 Å². The van der Waals surface area contributed by atoms with Crippen LogP contribution in [-0.2, 0) is 4.74 Å². The zero-order valence-corrected chi connectivity index (χ0v) is 5.98. The summed E-state index contributed by atoms with van der Waals surface area (Å²) in [6.07, 6.45) is -2.83. The van der Waals surface area contributed by atoms with E-state index in [4.69, 9.17) is 4.74 Å². The molecule has 1 heterocycles. The third-order valence-electron chi connectivity index (χ3n) is 1.36. The molecule has 0 aliphatic carbocycles. The first-order valence-corrected chi connectivity index (χ1v) is 3.21. The number of alkyl halides is 3. The minimum Gasteiger partial charge on any atom is -0.476 e. The molecule has 0 fully saturated rings. The van der Waals surface area contributed by atoms with E-state index in [1.807, 2.05) is 0 Å². The van der Waals surface area contributed by atoms with Crippen molar-refractivity contribution in [2.24, 2.45) is 0 Å². The van der Waals surface area contributed by atoms with Gasteiger partial charge in [-0.2, -0.15) is 0 Å². The highest BCUT2D eigenvalue weighted by Gasteiger charge is 2.38. The van der Waals surface area contributed by atoms with Crippen LogP contribution in [0.4, 0.5) is 13.2 Å². The fraction of sp³-hybridized carbons (Fsp3) is 0.667. The summed E-state index contributed by atoms with van der Waals surface area (Å²) < 4.78 is 40.3. The second-order valence-electron chi connectivity index (χ2n) is 2.16. The van der Waals surface area contributed by atoms with Gasteiger partial charge in [0.25, 0.3) is 0 Å². The normalized spacial score (nSPS) is 18.2. The quantitative estimate of drug-likeness (QED) is 0.554. The van der Waals surface area contributed by atoms with Crippen LogP contribution in [-0.4, -0.2) is 17.9 Å². The SMILES string of the molecule is CCC1=CN(C(F)(F)F)CO1. The standard InChI is InChI=1S/C6H8F3NO/c1-2-5-3-10(4-11-5)6(7,8)9/h3H,2,4H2,1H3. The van der Waals surface area contributed by atoms with Gasteiger partial charge in [-0.05, 0) is 0 Å². The van der Waals surface area contributed by atoms with Crippen LogP contribution in [0.5, 0.6) is 0 Å². The second kappa shape index (κ2) is 2.64. The smallest absolute Gasteiger partial charge is 0.476 e. The molecular formula is C6H8F3NO. The highest BCUT2D eigenvalue weighted by atomic mass is 19.4. The number of hydrogen-bond acceptors (Lipinski definition) is 2. The van der Waals surface area contributed by atoms with Crippen LogP contribution in [0.1, 0.15) is 13.3 Å². The van der Waals surface area contributed by atoms with Gasteiger partial charge in [0.1, 0.15) is 5.76 Å². The zero-order chi connectivity index (χ0) is 8.48. The summed E-state index contributed by atoms with van der Waals surface area (Å²) in [5.41, 5.74) is 0. The lowest BCUT2D eigenvalue weighted by molar-refractivity contribution is -0.236. The van der Waals surface area contributed by atoms with E-state index >= 15 is 0 Å². The molecule has 1 aliphatic rings. The minimum absolute atomic E-state index is 0.214. The van der Waals surface area contributed by atoms with Crippen LogP contribution in [0.25, 0.3) is 0 Å². The molecule has 0 bridgehead atoms. The first kappa shape index (κ1) is 8.23. The molecule has 0 saturated carbocycles. The molecule has 0 unspecified atom stereocenters. The molecule has 0 N–H and O–H groups in total. The van der Waals surface area contributed by atoms with Crippen LogP contribution >= 0.6 is 0 Å². The van der Waals surface area contributed by atoms with E-state index < -0.39 is 13.0 Å². The fourth-order valence-corrected chi connectivity index (χ4v) is 0.741. The molecule has 0 spiro atoms. The number of allylic oxidation sites excluding steroid dienone is 1. The zero-order valence-electron chi connectivity index (χ0n) is 5.98. The topological polar surface area (TPSA) is 12.5 Å². The Kier molecular flexibility index (Phi) is 1.97. The van der Waals surface area contributed by atoms with Gasteiger partial charge in [0, 0.05) is 12.6 Å². The summed E-state index contributed by atoms with van der Waals surface area (Å²) in [5.74, 6) is 0.377. The van der Waals surface area contributed by atoms with E-state index in [1.54, 1.807) is 6.92 Å². The van der Waals surface area contributed by atoms with E-state index in [0.717, 1.165) is 6.20 Å². The van der Waals surface area contributed by atoms with Crippen molar-refractivity contribution in [1.82, 2.24) is 4.90 Å². The van der Waals surface area contributed by atoms with Gasteiger partial charge in [-0.15, -0.1) is 13.2 Å². The largest absolute Gasteiger partial charge is 0.487 e. The Bertz CT molecular complexity index is 175.